The van der Waals surface area contributed by atoms with Crippen LogP contribution < -0.4 is 14.9 Å². The van der Waals surface area contributed by atoms with Crippen molar-refractivity contribution < 1.29 is 23.5 Å². The molecule has 8 heteroatoms. The number of halogens is 1. The predicted octanol–water partition coefficient (Wildman–Crippen LogP) is 4.03. The first kappa shape index (κ1) is 19.4. The van der Waals surface area contributed by atoms with Crippen LogP contribution in [-0.2, 0) is 0 Å². The molecule has 0 bridgehead atoms. The predicted molar refractivity (Wildman–Crippen MR) is 106 cm³/mol. The quantitative estimate of drug-likeness (QED) is 0.269. The molecule has 1 N–H and O–H groups in total. The van der Waals surface area contributed by atoms with E-state index in [-0.39, 0.29) is 5.76 Å². The number of benzene rings is 2. The van der Waals surface area contributed by atoms with E-state index in [4.69, 9.17) is 13.9 Å². The van der Waals surface area contributed by atoms with Gasteiger partial charge in [-0.25, -0.2) is 10.2 Å². The van der Waals surface area contributed by atoms with Gasteiger partial charge in [-0.2, -0.15) is 5.10 Å². The third kappa shape index (κ3) is 5.08. The number of hydrogen-bond acceptors (Lipinski definition) is 6. The van der Waals surface area contributed by atoms with Crippen molar-refractivity contribution in [3.05, 3.63) is 82.2 Å². The third-order valence-electron chi connectivity index (χ3n) is 3.59. The molecule has 0 unspecified atom stereocenters. The van der Waals surface area contributed by atoms with E-state index in [0.29, 0.717) is 27.3 Å². The highest BCUT2D eigenvalue weighted by Crippen LogP contribution is 2.16. The highest BCUT2D eigenvalue weighted by Gasteiger charge is 2.10. The SMILES string of the molecule is COc1ccc(C(=O)Oc2ccc(/C=N\NC(=O)c3ccc(Br)o3)cc2)cc1. The van der Waals surface area contributed by atoms with Crippen LogP contribution >= 0.6 is 15.9 Å². The van der Waals surface area contributed by atoms with E-state index in [1.807, 2.05) is 0 Å². The Balaban J connectivity index is 1.55. The summed E-state index contributed by atoms with van der Waals surface area (Å²) in [5, 5.41) is 3.86. The molecule has 0 saturated heterocycles. The number of nitrogens with one attached hydrogen (secondary N) is 1. The second kappa shape index (κ2) is 9.01. The van der Waals surface area contributed by atoms with Gasteiger partial charge in [0.05, 0.1) is 18.9 Å². The summed E-state index contributed by atoms with van der Waals surface area (Å²) in [6.45, 7) is 0. The average molecular weight is 443 g/mol. The number of ether oxygens (including phenoxy) is 2. The van der Waals surface area contributed by atoms with E-state index >= 15 is 0 Å². The summed E-state index contributed by atoms with van der Waals surface area (Å²) in [5.74, 6) is 0.257. The second-order valence-corrected chi connectivity index (χ2v) is 6.27. The topological polar surface area (TPSA) is 90.1 Å². The van der Waals surface area contributed by atoms with Gasteiger partial charge in [-0.15, -0.1) is 0 Å². The lowest BCUT2D eigenvalue weighted by atomic mass is 10.2. The zero-order valence-corrected chi connectivity index (χ0v) is 16.3. The highest BCUT2D eigenvalue weighted by molar-refractivity contribution is 9.10. The zero-order chi connectivity index (χ0) is 19.9. The van der Waals surface area contributed by atoms with Gasteiger partial charge in [0.2, 0.25) is 0 Å². The standard InChI is InChI=1S/C20H15BrN2O5/c1-26-15-8-4-14(5-9-15)20(25)27-16-6-2-13(3-7-16)12-22-23-19(24)17-10-11-18(21)28-17/h2-12H,1H3,(H,23,24)/b22-12-. The van der Waals surface area contributed by atoms with Crippen LogP contribution in [0.5, 0.6) is 11.5 Å². The van der Waals surface area contributed by atoms with Gasteiger partial charge >= 0.3 is 11.9 Å². The molecule has 3 rings (SSSR count). The van der Waals surface area contributed by atoms with Gasteiger partial charge in [0.1, 0.15) is 11.5 Å². The molecule has 0 atom stereocenters. The van der Waals surface area contributed by atoms with Crippen molar-refractivity contribution in [2.24, 2.45) is 5.10 Å². The molecule has 0 saturated carbocycles. The molecule has 0 aliphatic heterocycles. The van der Waals surface area contributed by atoms with Crippen LogP contribution in [0.1, 0.15) is 26.5 Å². The van der Waals surface area contributed by atoms with E-state index in [9.17, 15) is 9.59 Å². The molecule has 2 aromatic carbocycles. The fourth-order valence-electron chi connectivity index (χ4n) is 2.17. The molecule has 0 radical (unpaired) electrons. The Morgan fingerprint density at radius 2 is 1.68 bits per heavy atom. The molecule has 3 aromatic rings. The van der Waals surface area contributed by atoms with Gasteiger partial charge in [0, 0.05) is 0 Å². The molecule has 1 heterocycles. The lowest BCUT2D eigenvalue weighted by molar-refractivity contribution is 0.0734. The van der Waals surface area contributed by atoms with E-state index in [1.165, 1.54) is 12.3 Å². The first-order valence-electron chi connectivity index (χ1n) is 8.10. The Morgan fingerprint density at radius 1 is 1.00 bits per heavy atom. The van der Waals surface area contributed by atoms with Gasteiger partial charge < -0.3 is 13.9 Å². The Hall–Kier alpha value is -3.39. The summed E-state index contributed by atoms with van der Waals surface area (Å²) in [5.41, 5.74) is 3.49. The van der Waals surface area contributed by atoms with Crippen molar-refractivity contribution >= 4 is 34.0 Å². The summed E-state index contributed by atoms with van der Waals surface area (Å²) in [4.78, 5) is 23.9. The summed E-state index contributed by atoms with van der Waals surface area (Å²) >= 11 is 3.12. The monoisotopic (exact) mass is 442 g/mol. The summed E-state index contributed by atoms with van der Waals surface area (Å²) in [6.07, 6.45) is 1.46. The molecule has 0 aliphatic rings. The normalized spacial score (nSPS) is 10.6. The molecule has 7 nitrogen and oxygen atoms in total. The number of hydrogen-bond donors (Lipinski definition) is 1. The third-order valence-corrected chi connectivity index (χ3v) is 4.02. The van der Waals surface area contributed by atoms with Crippen LogP contribution in [0, 0.1) is 0 Å². The van der Waals surface area contributed by atoms with Crippen molar-refractivity contribution in [2.75, 3.05) is 7.11 Å². The molecule has 1 aromatic heterocycles. The molecular weight excluding hydrogens is 428 g/mol. The summed E-state index contributed by atoms with van der Waals surface area (Å²) < 4.78 is 16.0. The number of carbonyl (C=O) groups excluding carboxylic acids is 2. The lowest BCUT2D eigenvalue weighted by Crippen LogP contribution is -2.16. The number of nitrogens with zero attached hydrogens (tertiary/aromatic N) is 1. The number of rotatable bonds is 6. The molecule has 0 spiro atoms. The molecular formula is C20H15BrN2O5. The first-order valence-corrected chi connectivity index (χ1v) is 8.89. The summed E-state index contributed by atoms with van der Waals surface area (Å²) in [7, 11) is 1.56. The minimum Gasteiger partial charge on any atom is -0.497 e. The van der Waals surface area contributed by atoms with Gasteiger partial charge in [-0.05, 0) is 82.2 Å². The lowest BCUT2D eigenvalue weighted by Gasteiger charge is -2.05. The van der Waals surface area contributed by atoms with Gasteiger partial charge in [-0.1, -0.05) is 0 Å². The van der Waals surface area contributed by atoms with E-state index < -0.39 is 11.9 Å². The minimum atomic E-state index is -0.471. The Bertz CT molecular complexity index is 994. The Kier molecular flexibility index (Phi) is 6.23. The van der Waals surface area contributed by atoms with Gasteiger partial charge in [-0.3, -0.25) is 4.79 Å². The number of furan rings is 1. The van der Waals surface area contributed by atoms with Crippen molar-refractivity contribution in [3.8, 4) is 11.5 Å². The fourth-order valence-corrected chi connectivity index (χ4v) is 2.48. The molecule has 142 valence electrons. The van der Waals surface area contributed by atoms with Crippen molar-refractivity contribution in [1.29, 1.82) is 0 Å². The number of methoxy groups -OCH3 is 1. The highest BCUT2D eigenvalue weighted by atomic mass is 79.9. The van der Waals surface area contributed by atoms with Crippen LogP contribution in [0.3, 0.4) is 0 Å². The molecule has 1 amide bonds. The van der Waals surface area contributed by atoms with E-state index in [0.717, 1.165) is 0 Å². The number of amides is 1. The Morgan fingerprint density at radius 3 is 2.29 bits per heavy atom. The van der Waals surface area contributed by atoms with Gasteiger partial charge in [0.15, 0.2) is 10.4 Å². The van der Waals surface area contributed by atoms with Crippen molar-refractivity contribution in [2.45, 2.75) is 0 Å². The maximum absolute atomic E-state index is 12.1. The smallest absolute Gasteiger partial charge is 0.343 e. The first-order chi connectivity index (χ1) is 13.5. The second-order valence-electron chi connectivity index (χ2n) is 5.49. The van der Waals surface area contributed by atoms with Crippen molar-refractivity contribution in [3.63, 3.8) is 0 Å². The minimum absolute atomic E-state index is 0.143. The van der Waals surface area contributed by atoms with Crippen LogP contribution in [0.25, 0.3) is 0 Å². The average Bonchev–Trinajstić information content (AvgIpc) is 3.16. The number of esters is 1. The van der Waals surface area contributed by atoms with Crippen LogP contribution in [0.2, 0.25) is 0 Å². The van der Waals surface area contributed by atoms with Crippen LogP contribution in [0.15, 0.2) is 74.9 Å². The fraction of sp³-hybridized carbons (Fsp3) is 0.0500. The van der Waals surface area contributed by atoms with Gasteiger partial charge in [0.25, 0.3) is 0 Å². The van der Waals surface area contributed by atoms with Crippen LogP contribution in [0.4, 0.5) is 0 Å². The number of hydrazone groups is 1. The van der Waals surface area contributed by atoms with Crippen molar-refractivity contribution in [1.82, 2.24) is 5.43 Å². The maximum Gasteiger partial charge on any atom is 0.343 e. The van der Waals surface area contributed by atoms with E-state index in [1.54, 1.807) is 61.7 Å². The van der Waals surface area contributed by atoms with E-state index in [2.05, 4.69) is 26.5 Å². The number of carbonyl (C=O) groups is 2. The summed E-state index contributed by atoms with van der Waals surface area (Å²) in [6, 6.07) is 16.4. The largest absolute Gasteiger partial charge is 0.497 e. The Labute approximate surface area is 169 Å². The maximum atomic E-state index is 12.1. The molecule has 0 aliphatic carbocycles. The molecule has 28 heavy (non-hydrogen) atoms. The molecule has 0 fully saturated rings. The zero-order valence-electron chi connectivity index (χ0n) is 14.7. The van der Waals surface area contributed by atoms with Crippen LogP contribution in [-0.4, -0.2) is 25.2 Å².